The number of carbonyl (C=O) groups is 3. The Bertz CT molecular complexity index is 957. The second-order valence-corrected chi connectivity index (χ2v) is 7.24. The molecule has 0 saturated carbocycles. The molecule has 3 rings (SSSR count). The van der Waals surface area contributed by atoms with Crippen LogP contribution in [0.15, 0.2) is 42.5 Å². The van der Waals surface area contributed by atoms with Crippen molar-refractivity contribution in [2.45, 2.75) is 12.8 Å². The zero-order valence-corrected chi connectivity index (χ0v) is 17.8. The summed E-state index contributed by atoms with van der Waals surface area (Å²) in [7, 11) is 4.48. The number of rotatable bonds is 8. The molecule has 1 heterocycles. The number of amides is 2. The Balaban J connectivity index is 1.54. The molecule has 1 atom stereocenters. The number of esters is 1. The van der Waals surface area contributed by atoms with Gasteiger partial charge >= 0.3 is 5.97 Å². The summed E-state index contributed by atoms with van der Waals surface area (Å²) in [4.78, 5) is 38.2. The van der Waals surface area contributed by atoms with Crippen molar-refractivity contribution in [2.75, 3.05) is 39.7 Å². The molecule has 0 spiro atoms. The van der Waals surface area contributed by atoms with E-state index in [2.05, 4.69) is 10.1 Å². The molecule has 2 aromatic carbocycles. The minimum atomic E-state index is -0.440. The Morgan fingerprint density at radius 3 is 2.39 bits per heavy atom. The Hall–Kier alpha value is -3.55. The summed E-state index contributed by atoms with van der Waals surface area (Å²) in [5, 5.41) is 2.81. The molecule has 2 amide bonds. The molecule has 164 valence electrons. The van der Waals surface area contributed by atoms with Crippen molar-refractivity contribution in [1.82, 2.24) is 4.90 Å². The van der Waals surface area contributed by atoms with E-state index < -0.39 is 11.9 Å². The van der Waals surface area contributed by atoms with Crippen LogP contribution in [-0.4, -0.2) is 57.1 Å². The lowest BCUT2D eigenvalue weighted by molar-refractivity contribution is -0.128. The second-order valence-electron chi connectivity index (χ2n) is 7.24. The number of likely N-dealkylation sites (tertiary alicyclic amines) is 1. The summed E-state index contributed by atoms with van der Waals surface area (Å²) in [6, 6.07) is 12.1. The van der Waals surface area contributed by atoms with Crippen LogP contribution in [0.4, 0.5) is 5.69 Å². The number of ether oxygens (including phenoxy) is 3. The minimum Gasteiger partial charge on any atom is -0.493 e. The predicted octanol–water partition coefficient (Wildman–Crippen LogP) is 2.52. The van der Waals surface area contributed by atoms with E-state index in [1.165, 1.54) is 7.11 Å². The molecular formula is C23H26N2O6. The number of methoxy groups -OCH3 is 3. The number of carbonyl (C=O) groups excluding carboxylic acids is 3. The maximum atomic E-state index is 12.6. The normalized spacial score (nSPS) is 15.5. The van der Waals surface area contributed by atoms with Crippen LogP contribution in [0.3, 0.4) is 0 Å². The van der Waals surface area contributed by atoms with Gasteiger partial charge in [-0.25, -0.2) is 4.79 Å². The molecule has 2 aromatic rings. The summed E-state index contributed by atoms with van der Waals surface area (Å²) < 4.78 is 15.2. The van der Waals surface area contributed by atoms with Gasteiger partial charge in [0.2, 0.25) is 11.8 Å². The Morgan fingerprint density at radius 2 is 1.74 bits per heavy atom. The third-order valence-corrected chi connectivity index (χ3v) is 5.28. The van der Waals surface area contributed by atoms with Crippen LogP contribution in [0.25, 0.3) is 0 Å². The lowest BCUT2D eigenvalue weighted by atomic mass is 10.1. The van der Waals surface area contributed by atoms with E-state index in [1.54, 1.807) is 43.4 Å². The van der Waals surface area contributed by atoms with Crippen LogP contribution in [0.2, 0.25) is 0 Å². The molecule has 1 saturated heterocycles. The quantitative estimate of drug-likeness (QED) is 0.652. The molecule has 0 aliphatic carbocycles. The number of hydrogen-bond donors (Lipinski definition) is 1. The van der Waals surface area contributed by atoms with Crippen molar-refractivity contribution >= 4 is 23.5 Å². The lowest BCUT2D eigenvalue weighted by Gasteiger charge is -2.17. The van der Waals surface area contributed by atoms with Crippen LogP contribution < -0.4 is 14.8 Å². The summed E-state index contributed by atoms with van der Waals surface area (Å²) in [6.45, 7) is 0.893. The molecule has 1 aliphatic rings. The topological polar surface area (TPSA) is 94.2 Å². The molecule has 8 nitrogen and oxygen atoms in total. The number of benzene rings is 2. The van der Waals surface area contributed by atoms with Gasteiger partial charge in [-0.3, -0.25) is 9.59 Å². The molecule has 0 aromatic heterocycles. The first-order chi connectivity index (χ1) is 14.9. The van der Waals surface area contributed by atoms with Gasteiger partial charge in [0, 0.05) is 25.2 Å². The van der Waals surface area contributed by atoms with E-state index in [9.17, 15) is 14.4 Å². The average Bonchev–Trinajstić information content (AvgIpc) is 3.18. The van der Waals surface area contributed by atoms with Gasteiger partial charge in [0.1, 0.15) is 0 Å². The Morgan fingerprint density at radius 1 is 1.03 bits per heavy atom. The molecule has 8 heteroatoms. The van der Waals surface area contributed by atoms with E-state index in [0.717, 1.165) is 5.56 Å². The van der Waals surface area contributed by atoms with Crippen molar-refractivity contribution in [1.29, 1.82) is 0 Å². The first-order valence-electron chi connectivity index (χ1n) is 9.93. The SMILES string of the molecule is COC(=O)c1ccc(NC(=O)[C@H]2CC(=O)N(CCc3ccc(OC)c(OC)c3)C2)cc1. The zero-order valence-electron chi connectivity index (χ0n) is 17.8. The molecule has 0 unspecified atom stereocenters. The van der Waals surface area contributed by atoms with Crippen molar-refractivity contribution in [3.63, 3.8) is 0 Å². The predicted molar refractivity (Wildman–Crippen MR) is 114 cm³/mol. The summed E-state index contributed by atoms with van der Waals surface area (Å²) >= 11 is 0. The fourth-order valence-corrected chi connectivity index (χ4v) is 3.52. The third-order valence-electron chi connectivity index (χ3n) is 5.28. The molecule has 0 radical (unpaired) electrons. The highest BCUT2D eigenvalue weighted by molar-refractivity contribution is 5.97. The summed E-state index contributed by atoms with van der Waals surface area (Å²) in [5.41, 5.74) is 1.98. The van der Waals surface area contributed by atoms with Crippen LogP contribution in [0, 0.1) is 5.92 Å². The van der Waals surface area contributed by atoms with E-state index >= 15 is 0 Å². The average molecular weight is 426 g/mol. The first-order valence-corrected chi connectivity index (χ1v) is 9.93. The Labute approximate surface area is 181 Å². The van der Waals surface area contributed by atoms with E-state index in [-0.39, 0.29) is 18.2 Å². The van der Waals surface area contributed by atoms with Gasteiger partial charge in [0.05, 0.1) is 32.8 Å². The zero-order chi connectivity index (χ0) is 22.4. The largest absolute Gasteiger partial charge is 0.493 e. The van der Waals surface area contributed by atoms with Crippen LogP contribution in [-0.2, 0) is 20.7 Å². The van der Waals surface area contributed by atoms with Crippen molar-refractivity contribution < 1.29 is 28.6 Å². The van der Waals surface area contributed by atoms with Gasteiger partial charge in [-0.15, -0.1) is 0 Å². The molecule has 31 heavy (non-hydrogen) atoms. The van der Waals surface area contributed by atoms with E-state index in [4.69, 9.17) is 9.47 Å². The van der Waals surface area contributed by atoms with E-state index in [0.29, 0.717) is 42.3 Å². The highest BCUT2D eigenvalue weighted by Gasteiger charge is 2.34. The molecule has 1 fully saturated rings. The van der Waals surface area contributed by atoms with Crippen molar-refractivity contribution in [3.8, 4) is 11.5 Å². The highest BCUT2D eigenvalue weighted by Crippen LogP contribution is 2.28. The van der Waals surface area contributed by atoms with Crippen LogP contribution >= 0.6 is 0 Å². The maximum absolute atomic E-state index is 12.6. The first kappa shape index (κ1) is 22.1. The highest BCUT2D eigenvalue weighted by atomic mass is 16.5. The van der Waals surface area contributed by atoms with E-state index in [1.807, 2.05) is 18.2 Å². The molecule has 1 aliphatic heterocycles. The lowest BCUT2D eigenvalue weighted by Crippen LogP contribution is -2.30. The fraction of sp³-hybridized carbons (Fsp3) is 0.348. The molecular weight excluding hydrogens is 400 g/mol. The summed E-state index contributed by atoms with van der Waals surface area (Å²) in [5.74, 6) is 0.181. The Kier molecular flexibility index (Phi) is 7.12. The number of anilines is 1. The van der Waals surface area contributed by atoms with Crippen molar-refractivity contribution in [3.05, 3.63) is 53.6 Å². The maximum Gasteiger partial charge on any atom is 0.337 e. The van der Waals surface area contributed by atoms with Gasteiger partial charge in [0.25, 0.3) is 0 Å². The van der Waals surface area contributed by atoms with Crippen LogP contribution in [0.1, 0.15) is 22.3 Å². The third kappa shape index (κ3) is 5.33. The smallest absolute Gasteiger partial charge is 0.337 e. The monoisotopic (exact) mass is 426 g/mol. The van der Waals surface area contributed by atoms with Gasteiger partial charge < -0.3 is 24.4 Å². The molecule has 0 bridgehead atoms. The number of nitrogens with zero attached hydrogens (tertiary/aromatic N) is 1. The van der Waals surface area contributed by atoms with Gasteiger partial charge in [0.15, 0.2) is 11.5 Å². The number of nitrogens with one attached hydrogen (secondary N) is 1. The van der Waals surface area contributed by atoms with Gasteiger partial charge in [-0.1, -0.05) is 6.07 Å². The van der Waals surface area contributed by atoms with Crippen LogP contribution in [0.5, 0.6) is 11.5 Å². The standard InChI is InChI=1S/C23H26N2O6/c1-29-19-9-4-15(12-20(19)30-2)10-11-25-14-17(13-21(25)26)22(27)24-18-7-5-16(6-8-18)23(28)31-3/h4-9,12,17H,10-11,13-14H2,1-3H3,(H,24,27)/t17-/m0/s1. The summed E-state index contributed by atoms with van der Waals surface area (Å²) in [6.07, 6.45) is 0.827. The second kappa shape index (κ2) is 9.97. The van der Waals surface area contributed by atoms with Gasteiger partial charge in [-0.05, 0) is 48.4 Å². The minimum absolute atomic E-state index is 0.0401. The van der Waals surface area contributed by atoms with Crippen molar-refractivity contribution in [2.24, 2.45) is 5.92 Å². The fourth-order valence-electron chi connectivity index (χ4n) is 3.52. The molecule has 1 N–H and O–H groups in total. The number of hydrogen-bond acceptors (Lipinski definition) is 6. The van der Waals surface area contributed by atoms with Gasteiger partial charge in [-0.2, -0.15) is 0 Å².